The second kappa shape index (κ2) is 6.78. The van der Waals surface area contributed by atoms with Crippen LogP contribution in [0.5, 0.6) is 11.5 Å². The average Bonchev–Trinajstić information content (AvgIpc) is 2.71. The maximum Gasteiger partial charge on any atom is 0.471 e. The van der Waals surface area contributed by atoms with Gasteiger partial charge in [-0.1, -0.05) is 0 Å². The molecular weight excluding hydrogens is 403 g/mol. The number of rotatable bonds is 3. The largest absolute Gasteiger partial charge is 0.493 e. The number of amides is 1. The lowest BCUT2D eigenvalue weighted by Gasteiger charge is -2.53. The summed E-state index contributed by atoms with van der Waals surface area (Å²) in [5.41, 5.74) is 1.15. The molecule has 4 rings (SSSR count). The minimum absolute atomic E-state index is 0.101. The number of piperidine rings is 1. The minimum atomic E-state index is -5.00. The van der Waals surface area contributed by atoms with E-state index in [2.05, 4.69) is 0 Å². The molecule has 1 fully saturated rings. The third kappa shape index (κ3) is 2.79. The average molecular weight is 423 g/mol. The summed E-state index contributed by atoms with van der Waals surface area (Å²) < 4.78 is 55.7. The molecule has 2 atom stereocenters. The third-order valence-electron chi connectivity index (χ3n) is 6.13. The Bertz CT molecular complexity index is 997. The number of carbonyl (C=O) groups excluding carboxylic acids is 2. The molecule has 2 bridgehead atoms. The molecule has 9 heteroatoms. The predicted octanol–water partition coefficient (Wildman–Crippen LogP) is 2.70. The smallest absolute Gasteiger partial charge is 0.471 e. The number of benzene rings is 1. The van der Waals surface area contributed by atoms with Crippen LogP contribution in [0.4, 0.5) is 13.2 Å². The summed E-state index contributed by atoms with van der Waals surface area (Å²) >= 11 is 0. The molecule has 6 nitrogen and oxygen atoms in total. The van der Waals surface area contributed by atoms with Crippen molar-refractivity contribution in [3.8, 4) is 11.5 Å². The van der Waals surface area contributed by atoms with Crippen molar-refractivity contribution < 1.29 is 37.0 Å². The zero-order chi connectivity index (χ0) is 21.8. The predicted molar refractivity (Wildman–Crippen MR) is 99.3 cm³/mol. The van der Waals surface area contributed by atoms with E-state index in [0.717, 1.165) is 16.0 Å². The lowest BCUT2D eigenvalue weighted by molar-refractivity contribution is -0.188. The van der Waals surface area contributed by atoms with Gasteiger partial charge in [-0.25, -0.2) is 0 Å². The Kier molecular flexibility index (Phi) is 4.59. The summed E-state index contributed by atoms with van der Waals surface area (Å²) in [4.78, 5) is 25.4. The van der Waals surface area contributed by atoms with Gasteiger partial charge in [0.15, 0.2) is 17.3 Å². The fourth-order valence-corrected chi connectivity index (χ4v) is 4.82. The molecule has 1 saturated heterocycles. The molecule has 1 aromatic carbocycles. The van der Waals surface area contributed by atoms with Crippen LogP contribution in [0.2, 0.25) is 0 Å². The summed E-state index contributed by atoms with van der Waals surface area (Å²) in [5, 5.41) is 0. The van der Waals surface area contributed by atoms with Gasteiger partial charge in [0.05, 0.1) is 27.4 Å². The van der Waals surface area contributed by atoms with Crippen molar-refractivity contribution in [1.82, 2.24) is 4.90 Å². The minimum Gasteiger partial charge on any atom is -0.493 e. The van der Waals surface area contributed by atoms with Gasteiger partial charge in [-0.15, -0.1) is 0 Å². The molecule has 1 aliphatic heterocycles. The molecule has 160 valence electrons. The van der Waals surface area contributed by atoms with E-state index in [9.17, 15) is 22.8 Å². The first-order valence-corrected chi connectivity index (χ1v) is 9.32. The summed E-state index contributed by atoms with van der Waals surface area (Å²) in [6.07, 6.45) is -1.70. The molecule has 1 amide bonds. The number of nitrogens with zero attached hydrogens (tertiary/aromatic N) is 1. The number of alkyl halides is 3. The van der Waals surface area contributed by atoms with E-state index in [4.69, 9.17) is 14.2 Å². The highest BCUT2D eigenvalue weighted by Crippen LogP contribution is 2.54. The van der Waals surface area contributed by atoms with Crippen LogP contribution >= 0.6 is 0 Å². The highest BCUT2D eigenvalue weighted by molar-refractivity contribution is 6.05. The number of methoxy groups -OCH3 is 3. The van der Waals surface area contributed by atoms with Gasteiger partial charge in [-0.3, -0.25) is 9.59 Å². The molecule has 3 aliphatic rings. The Balaban J connectivity index is 1.94. The van der Waals surface area contributed by atoms with E-state index in [0.29, 0.717) is 17.1 Å². The Morgan fingerprint density at radius 2 is 1.80 bits per heavy atom. The highest BCUT2D eigenvalue weighted by atomic mass is 19.4. The molecule has 0 N–H and O–H groups in total. The van der Waals surface area contributed by atoms with E-state index >= 15 is 0 Å². The van der Waals surface area contributed by atoms with Crippen molar-refractivity contribution in [3.05, 3.63) is 46.7 Å². The molecule has 2 aliphatic carbocycles. The Morgan fingerprint density at radius 1 is 1.13 bits per heavy atom. The number of allylic oxidation sites excluding steroid dienone is 2. The molecule has 0 aromatic heterocycles. The number of likely N-dealkylation sites (tertiary alicyclic amines) is 1. The van der Waals surface area contributed by atoms with Crippen LogP contribution in [0.15, 0.2) is 35.6 Å². The SMILES string of the molecule is COC1=C[C@@]23CCN(C(=O)C(F)(F)F)[C@H](Cc4cc(OC)c(OC)cc42)C3=CC1=O. The maximum absolute atomic E-state index is 13.2. The van der Waals surface area contributed by atoms with Crippen LogP contribution in [0.25, 0.3) is 0 Å². The van der Waals surface area contributed by atoms with E-state index < -0.39 is 29.3 Å². The van der Waals surface area contributed by atoms with Crippen LogP contribution in [0.3, 0.4) is 0 Å². The molecular formula is C21H20F3NO5. The number of ether oxygens (including phenoxy) is 3. The van der Waals surface area contributed by atoms with E-state index in [1.54, 1.807) is 18.2 Å². The quantitative estimate of drug-likeness (QED) is 0.748. The van der Waals surface area contributed by atoms with Crippen molar-refractivity contribution in [1.29, 1.82) is 0 Å². The van der Waals surface area contributed by atoms with Gasteiger partial charge < -0.3 is 19.1 Å². The fourth-order valence-electron chi connectivity index (χ4n) is 4.82. The zero-order valence-corrected chi connectivity index (χ0v) is 16.6. The lowest BCUT2D eigenvalue weighted by atomic mass is 9.58. The molecule has 0 radical (unpaired) electrons. The van der Waals surface area contributed by atoms with Gasteiger partial charge in [0, 0.05) is 12.0 Å². The molecule has 0 saturated carbocycles. The Morgan fingerprint density at radius 3 is 2.40 bits per heavy atom. The van der Waals surface area contributed by atoms with Crippen LogP contribution in [-0.2, 0) is 26.2 Å². The number of fused-ring (bicyclic) bond motifs is 1. The van der Waals surface area contributed by atoms with Crippen LogP contribution < -0.4 is 9.47 Å². The fraction of sp³-hybridized carbons (Fsp3) is 0.429. The van der Waals surface area contributed by atoms with Crippen molar-refractivity contribution in [2.45, 2.75) is 30.5 Å². The monoisotopic (exact) mass is 423 g/mol. The number of hydrogen-bond acceptors (Lipinski definition) is 5. The van der Waals surface area contributed by atoms with E-state index in [1.807, 2.05) is 0 Å². The second-order valence-electron chi connectivity index (χ2n) is 7.48. The van der Waals surface area contributed by atoms with Crippen molar-refractivity contribution in [2.24, 2.45) is 0 Å². The number of halogens is 3. The van der Waals surface area contributed by atoms with Gasteiger partial charge in [-0.2, -0.15) is 13.2 Å². The number of ketones is 1. The maximum atomic E-state index is 13.2. The first-order valence-electron chi connectivity index (χ1n) is 9.32. The normalized spacial score (nSPS) is 24.9. The lowest BCUT2D eigenvalue weighted by Crippen LogP contribution is -2.59. The first-order chi connectivity index (χ1) is 14.2. The standard InChI is InChI=1S/C21H20F3NO5/c1-28-16-7-11-6-14-13-8-15(26)18(30-3)10-20(13,12(11)9-17(16)29-2)4-5-25(14)19(27)21(22,23)24/h7-10,14H,4-6H2,1-3H3/t14-,20+/m1/s1. The van der Waals surface area contributed by atoms with Gasteiger partial charge in [0.1, 0.15) is 0 Å². The second-order valence-corrected chi connectivity index (χ2v) is 7.48. The Labute approximate surface area is 170 Å². The molecule has 30 heavy (non-hydrogen) atoms. The first kappa shape index (κ1) is 20.3. The third-order valence-corrected chi connectivity index (χ3v) is 6.13. The van der Waals surface area contributed by atoms with Crippen molar-refractivity contribution >= 4 is 11.7 Å². The molecule has 1 aromatic rings. The molecule has 0 unspecified atom stereocenters. The van der Waals surface area contributed by atoms with Gasteiger partial charge in [-0.05, 0) is 53.8 Å². The summed E-state index contributed by atoms with van der Waals surface area (Å²) in [7, 11) is 4.34. The Hall–Kier alpha value is -2.97. The highest BCUT2D eigenvalue weighted by Gasteiger charge is 2.55. The topological polar surface area (TPSA) is 65.1 Å². The van der Waals surface area contributed by atoms with Gasteiger partial charge in [0.2, 0.25) is 5.78 Å². The van der Waals surface area contributed by atoms with Crippen LogP contribution in [0, 0.1) is 0 Å². The molecule has 0 spiro atoms. The van der Waals surface area contributed by atoms with Crippen LogP contribution in [0.1, 0.15) is 17.5 Å². The van der Waals surface area contributed by atoms with E-state index in [-0.39, 0.29) is 25.1 Å². The summed E-state index contributed by atoms with van der Waals surface area (Å²) in [6.45, 7) is -0.101. The van der Waals surface area contributed by atoms with Crippen molar-refractivity contribution in [3.63, 3.8) is 0 Å². The van der Waals surface area contributed by atoms with Crippen LogP contribution in [-0.4, -0.2) is 56.7 Å². The summed E-state index contributed by atoms with van der Waals surface area (Å²) in [5.74, 6) is -1.30. The zero-order valence-electron chi connectivity index (χ0n) is 16.6. The van der Waals surface area contributed by atoms with Crippen molar-refractivity contribution in [2.75, 3.05) is 27.9 Å². The molecule has 1 heterocycles. The van der Waals surface area contributed by atoms with Gasteiger partial charge in [0.25, 0.3) is 0 Å². The number of hydrogen-bond donors (Lipinski definition) is 0. The van der Waals surface area contributed by atoms with E-state index in [1.165, 1.54) is 27.4 Å². The summed E-state index contributed by atoms with van der Waals surface area (Å²) in [6, 6.07) is 2.62. The van der Waals surface area contributed by atoms with Gasteiger partial charge >= 0.3 is 12.1 Å². The number of carbonyl (C=O) groups is 2.